The zero-order valence-corrected chi connectivity index (χ0v) is 12.9. The van der Waals surface area contributed by atoms with Crippen molar-refractivity contribution in [1.29, 1.82) is 0 Å². The number of alkyl halides is 3. The molecule has 1 aliphatic heterocycles. The number of carbonyl (C=O) groups excluding carboxylic acids is 1. The fourth-order valence-corrected chi connectivity index (χ4v) is 2.93. The summed E-state index contributed by atoms with van der Waals surface area (Å²) in [5.74, 6) is -1.68. The number of aliphatic carboxylic acids is 1. The fraction of sp³-hybridized carbons (Fsp3) is 0.429. The lowest BCUT2D eigenvalue weighted by Crippen LogP contribution is -2.40. The summed E-state index contributed by atoms with van der Waals surface area (Å²) in [7, 11) is 1.43. The van der Waals surface area contributed by atoms with Gasteiger partial charge in [0.05, 0.1) is 6.10 Å². The third-order valence-corrected chi connectivity index (χ3v) is 4.22. The van der Waals surface area contributed by atoms with Crippen LogP contribution in [0.15, 0.2) is 29.2 Å². The Morgan fingerprint density at radius 2 is 1.91 bits per heavy atom. The molecule has 1 aromatic rings. The summed E-state index contributed by atoms with van der Waals surface area (Å²) in [6.45, 7) is 0.130. The van der Waals surface area contributed by atoms with E-state index in [0.29, 0.717) is 0 Å². The Bertz CT molecular complexity index is 591. The summed E-state index contributed by atoms with van der Waals surface area (Å²) in [4.78, 5) is 24.8. The van der Waals surface area contributed by atoms with Gasteiger partial charge in [-0.2, -0.15) is 13.2 Å². The number of amides is 1. The van der Waals surface area contributed by atoms with Crippen molar-refractivity contribution in [1.82, 2.24) is 4.90 Å². The smallest absolute Gasteiger partial charge is 0.446 e. The normalized spacial score (nSPS) is 21.5. The van der Waals surface area contributed by atoms with E-state index in [4.69, 9.17) is 4.74 Å². The minimum atomic E-state index is -4.40. The van der Waals surface area contributed by atoms with Crippen LogP contribution in [0.1, 0.15) is 16.8 Å². The number of rotatable bonds is 4. The number of methoxy groups -OCH3 is 1. The SMILES string of the molecule is COC1CC(C(=O)O)N(C(=O)c2ccc(SC(F)(F)F)cc2)C1. The van der Waals surface area contributed by atoms with Gasteiger partial charge in [0, 0.05) is 30.5 Å². The van der Waals surface area contributed by atoms with Gasteiger partial charge >= 0.3 is 11.5 Å². The first-order valence-corrected chi connectivity index (χ1v) is 7.45. The number of hydrogen-bond acceptors (Lipinski definition) is 4. The van der Waals surface area contributed by atoms with E-state index in [0.717, 1.165) is 0 Å². The lowest BCUT2D eigenvalue weighted by atomic mass is 10.1. The number of halogens is 3. The van der Waals surface area contributed by atoms with Gasteiger partial charge in [-0.3, -0.25) is 4.79 Å². The Balaban J connectivity index is 2.14. The molecule has 2 atom stereocenters. The number of thioether (sulfide) groups is 1. The minimum Gasteiger partial charge on any atom is -0.480 e. The lowest BCUT2D eigenvalue weighted by molar-refractivity contribution is -0.141. The molecule has 0 aromatic heterocycles. The molecule has 0 bridgehead atoms. The highest BCUT2D eigenvalue weighted by Gasteiger charge is 2.40. The summed E-state index contributed by atoms with van der Waals surface area (Å²) in [5.41, 5.74) is -4.26. The van der Waals surface area contributed by atoms with Gasteiger partial charge in [-0.15, -0.1) is 0 Å². The van der Waals surface area contributed by atoms with Crippen LogP contribution in [0.2, 0.25) is 0 Å². The molecule has 0 radical (unpaired) electrons. The van der Waals surface area contributed by atoms with Crippen molar-refractivity contribution < 1.29 is 32.6 Å². The Kier molecular flexibility index (Phi) is 5.20. The number of nitrogens with zero attached hydrogens (tertiary/aromatic N) is 1. The highest BCUT2D eigenvalue weighted by atomic mass is 32.2. The van der Waals surface area contributed by atoms with Crippen LogP contribution in [0, 0.1) is 0 Å². The van der Waals surface area contributed by atoms with E-state index in [1.807, 2.05) is 0 Å². The number of benzene rings is 1. The van der Waals surface area contributed by atoms with Crippen LogP contribution in [0.3, 0.4) is 0 Å². The molecule has 0 saturated carbocycles. The molecule has 1 fully saturated rings. The maximum atomic E-state index is 12.4. The van der Waals surface area contributed by atoms with Gasteiger partial charge in [0.25, 0.3) is 5.91 Å². The predicted octanol–water partition coefficient (Wildman–Crippen LogP) is 2.61. The Hall–Kier alpha value is -1.74. The van der Waals surface area contributed by atoms with E-state index < -0.39 is 23.4 Å². The molecule has 0 spiro atoms. The molecule has 2 rings (SSSR count). The van der Waals surface area contributed by atoms with Crippen molar-refractivity contribution in [3.63, 3.8) is 0 Å². The molecule has 9 heteroatoms. The molecule has 0 aliphatic carbocycles. The molecule has 1 aromatic carbocycles. The fourth-order valence-electron chi connectivity index (χ4n) is 2.39. The maximum Gasteiger partial charge on any atom is 0.446 e. The second kappa shape index (κ2) is 6.79. The third-order valence-electron chi connectivity index (χ3n) is 3.48. The van der Waals surface area contributed by atoms with E-state index in [2.05, 4.69) is 0 Å². The first kappa shape index (κ1) is 17.6. The van der Waals surface area contributed by atoms with Gasteiger partial charge in [0.15, 0.2) is 0 Å². The molecular formula is C14H14F3NO4S. The minimum absolute atomic E-state index is 0.0416. The highest BCUT2D eigenvalue weighted by Crippen LogP contribution is 2.36. The van der Waals surface area contributed by atoms with Crippen molar-refractivity contribution in [2.24, 2.45) is 0 Å². The number of carbonyl (C=O) groups is 2. The van der Waals surface area contributed by atoms with Gasteiger partial charge in [-0.05, 0) is 36.0 Å². The number of likely N-dealkylation sites (tertiary alicyclic amines) is 1. The Morgan fingerprint density at radius 3 is 2.39 bits per heavy atom. The summed E-state index contributed by atoms with van der Waals surface area (Å²) < 4.78 is 41.9. The van der Waals surface area contributed by atoms with Crippen molar-refractivity contribution >= 4 is 23.6 Å². The summed E-state index contributed by atoms with van der Waals surface area (Å²) in [6.07, 6.45) is -0.195. The van der Waals surface area contributed by atoms with Gasteiger partial charge in [0.2, 0.25) is 0 Å². The molecule has 1 N–H and O–H groups in total. The van der Waals surface area contributed by atoms with Crippen LogP contribution in [-0.4, -0.2) is 53.2 Å². The van der Waals surface area contributed by atoms with Crippen LogP contribution < -0.4 is 0 Å². The van der Waals surface area contributed by atoms with Gasteiger partial charge in [-0.1, -0.05) is 0 Å². The molecule has 1 saturated heterocycles. The lowest BCUT2D eigenvalue weighted by Gasteiger charge is -2.21. The first-order chi connectivity index (χ1) is 10.7. The van der Waals surface area contributed by atoms with Crippen molar-refractivity contribution in [2.75, 3.05) is 13.7 Å². The summed E-state index contributed by atoms with van der Waals surface area (Å²) in [6, 6.07) is 3.89. The second-order valence-corrected chi connectivity index (χ2v) is 6.12. The molecule has 1 aliphatic rings. The Labute approximate surface area is 134 Å². The van der Waals surface area contributed by atoms with Crippen LogP contribution in [0.5, 0.6) is 0 Å². The average Bonchev–Trinajstić information content (AvgIpc) is 2.90. The Morgan fingerprint density at radius 1 is 1.30 bits per heavy atom. The zero-order valence-electron chi connectivity index (χ0n) is 12.0. The van der Waals surface area contributed by atoms with Crippen LogP contribution in [-0.2, 0) is 9.53 Å². The van der Waals surface area contributed by atoms with Crippen LogP contribution >= 0.6 is 11.8 Å². The van der Waals surface area contributed by atoms with Crippen LogP contribution in [0.25, 0.3) is 0 Å². The van der Waals surface area contributed by atoms with Crippen molar-refractivity contribution in [2.45, 2.75) is 29.0 Å². The van der Waals surface area contributed by atoms with E-state index in [1.54, 1.807) is 0 Å². The summed E-state index contributed by atoms with van der Waals surface area (Å²) >= 11 is -0.276. The number of carboxylic acid groups (broad SMARTS) is 1. The zero-order chi connectivity index (χ0) is 17.2. The van der Waals surface area contributed by atoms with Gasteiger partial charge < -0.3 is 14.7 Å². The van der Waals surface area contributed by atoms with Crippen molar-refractivity contribution in [3.8, 4) is 0 Å². The molecule has 1 amide bonds. The largest absolute Gasteiger partial charge is 0.480 e. The second-order valence-electron chi connectivity index (χ2n) is 4.98. The predicted molar refractivity (Wildman–Crippen MR) is 76.2 cm³/mol. The molecule has 23 heavy (non-hydrogen) atoms. The monoisotopic (exact) mass is 349 g/mol. The first-order valence-electron chi connectivity index (χ1n) is 6.63. The standard InChI is InChI=1S/C14H14F3NO4S/c1-22-9-6-11(13(20)21)18(7-9)12(19)8-2-4-10(5-3-8)23-14(15,16)17/h2-5,9,11H,6-7H2,1H3,(H,20,21). The topological polar surface area (TPSA) is 66.8 Å². The van der Waals surface area contributed by atoms with E-state index in [-0.39, 0.29) is 41.3 Å². The van der Waals surface area contributed by atoms with E-state index in [9.17, 15) is 27.9 Å². The molecule has 2 unspecified atom stereocenters. The van der Waals surface area contributed by atoms with Crippen LogP contribution in [0.4, 0.5) is 13.2 Å². The summed E-state index contributed by atoms with van der Waals surface area (Å²) in [5, 5.41) is 9.19. The molecule has 126 valence electrons. The number of ether oxygens (including phenoxy) is 1. The number of hydrogen-bond donors (Lipinski definition) is 1. The average molecular weight is 349 g/mol. The highest BCUT2D eigenvalue weighted by molar-refractivity contribution is 8.00. The molecular weight excluding hydrogens is 335 g/mol. The van der Waals surface area contributed by atoms with E-state index >= 15 is 0 Å². The molecule has 5 nitrogen and oxygen atoms in total. The van der Waals surface area contributed by atoms with Gasteiger partial charge in [0.1, 0.15) is 6.04 Å². The maximum absolute atomic E-state index is 12.4. The number of carboxylic acids is 1. The van der Waals surface area contributed by atoms with Crippen molar-refractivity contribution in [3.05, 3.63) is 29.8 Å². The van der Waals surface area contributed by atoms with Gasteiger partial charge in [-0.25, -0.2) is 4.79 Å². The van der Waals surface area contributed by atoms with E-state index in [1.165, 1.54) is 36.3 Å². The third kappa shape index (κ3) is 4.38. The molecule has 1 heterocycles. The quantitative estimate of drug-likeness (QED) is 0.847.